The lowest BCUT2D eigenvalue weighted by Crippen LogP contribution is -2.38. The number of nitrogens with one attached hydrogen (secondary N) is 3. The Hall–Kier alpha value is -3.61. The first-order valence-electron chi connectivity index (χ1n) is 10.1. The van der Waals surface area contributed by atoms with E-state index < -0.39 is 0 Å². The van der Waals surface area contributed by atoms with Crippen LogP contribution in [0, 0.1) is 13.8 Å². The molecule has 0 saturated heterocycles. The van der Waals surface area contributed by atoms with Gasteiger partial charge in [-0.05, 0) is 43.7 Å². The minimum Gasteiger partial charge on any atom is -0.356 e. The van der Waals surface area contributed by atoms with Gasteiger partial charge in [0.15, 0.2) is 5.96 Å². The van der Waals surface area contributed by atoms with E-state index in [1.165, 1.54) is 0 Å². The molecule has 0 radical (unpaired) electrons. The second-order valence-corrected chi connectivity index (χ2v) is 7.27. The number of hydrogen-bond acceptors (Lipinski definition) is 3. The molecule has 7 nitrogen and oxygen atoms in total. The molecule has 0 aliphatic rings. The molecule has 2 aromatic carbocycles. The molecule has 154 valence electrons. The average molecular weight is 402 g/mol. The highest BCUT2D eigenvalue weighted by atomic mass is 15.3. The number of aryl methyl sites for hydroxylation is 2. The van der Waals surface area contributed by atoms with Crippen molar-refractivity contribution in [3.8, 4) is 5.69 Å². The summed E-state index contributed by atoms with van der Waals surface area (Å²) in [4.78, 5) is 12.3. The van der Waals surface area contributed by atoms with Gasteiger partial charge in [-0.2, -0.15) is 5.10 Å². The quantitative estimate of drug-likeness (QED) is 0.342. The number of guanidine groups is 1. The molecule has 30 heavy (non-hydrogen) atoms. The maximum atomic E-state index is 4.62. The molecule has 0 atom stereocenters. The van der Waals surface area contributed by atoms with E-state index in [1.54, 1.807) is 7.05 Å². The predicted molar refractivity (Wildman–Crippen MR) is 121 cm³/mol. The van der Waals surface area contributed by atoms with Gasteiger partial charge < -0.3 is 15.6 Å². The monoisotopic (exact) mass is 401 g/mol. The largest absolute Gasteiger partial charge is 0.356 e. The van der Waals surface area contributed by atoms with Crippen LogP contribution in [0.5, 0.6) is 0 Å². The Balaban J connectivity index is 1.36. The van der Waals surface area contributed by atoms with Gasteiger partial charge in [-0.3, -0.25) is 4.99 Å². The van der Waals surface area contributed by atoms with Crippen molar-refractivity contribution in [1.29, 1.82) is 0 Å². The number of benzene rings is 2. The lowest BCUT2D eigenvalue weighted by Gasteiger charge is -2.15. The topological polar surface area (TPSA) is 82.9 Å². The smallest absolute Gasteiger partial charge is 0.191 e. The van der Waals surface area contributed by atoms with Crippen LogP contribution >= 0.6 is 0 Å². The van der Waals surface area contributed by atoms with Gasteiger partial charge in [0.1, 0.15) is 5.82 Å². The number of hydrogen-bond donors (Lipinski definition) is 3. The van der Waals surface area contributed by atoms with Crippen LogP contribution in [0.1, 0.15) is 22.8 Å². The SMILES string of the molecule is CN=C(NCCc1nc2ccccc2[nH]1)NCc1ccccc1-n1nc(C)cc1C. The van der Waals surface area contributed by atoms with Crippen LogP contribution in [-0.2, 0) is 13.0 Å². The Morgan fingerprint density at radius 3 is 2.63 bits per heavy atom. The molecule has 0 aliphatic heterocycles. The second-order valence-electron chi connectivity index (χ2n) is 7.27. The lowest BCUT2D eigenvalue weighted by molar-refractivity contribution is 0.765. The van der Waals surface area contributed by atoms with Gasteiger partial charge in [-0.1, -0.05) is 30.3 Å². The maximum Gasteiger partial charge on any atom is 0.191 e. The van der Waals surface area contributed by atoms with Crippen molar-refractivity contribution in [1.82, 2.24) is 30.4 Å². The van der Waals surface area contributed by atoms with Gasteiger partial charge in [-0.15, -0.1) is 0 Å². The standard InChI is InChI=1S/C23H27N7/c1-16-14-17(2)30(29-16)21-11-7-4-8-18(21)15-26-23(24-3)25-13-12-22-27-19-9-5-6-10-20(19)28-22/h4-11,14H,12-13,15H2,1-3H3,(H,27,28)(H2,24,25,26). The number of fused-ring (bicyclic) bond motifs is 1. The number of aromatic amines is 1. The van der Waals surface area contributed by atoms with E-state index in [2.05, 4.69) is 55.8 Å². The Morgan fingerprint density at radius 1 is 1.07 bits per heavy atom. The summed E-state index contributed by atoms with van der Waals surface area (Å²) in [5, 5.41) is 11.4. The summed E-state index contributed by atoms with van der Waals surface area (Å²) in [6, 6.07) is 18.4. The first kappa shape index (κ1) is 19.7. The van der Waals surface area contributed by atoms with E-state index >= 15 is 0 Å². The molecule has 0 bridgehead atoms. The van der Waals surface area contributed by atoms with Crippen LogP contribution in [-0.4, -0.2) is 39.3 Å². The Kier molecular flexibility index (Phi) is 5.79. The minimum absolute atomic E-state index is 0.652. The predicted octanol–water partition coefficient (Wildman–Crippen LogP) is 3.27. The van der Waals surface area contributed by atoms with Gasteiger partial charge in [-0.25, -0.2) is 9.67 Å². The Bertz CT molecular complexity index is 1140. The molecule has 0 fully saturated rings. The number of aliphatic imine (C=N–C) groups is 1. The minimum atomic E-state index is 0.652. The highest BCUT2D eigenvalue weighted by molar-refractivity contribution is 5.79. The number of rotatable bonds is 6. The fourth-order valence-corrected chi connectivity index (χ4v) is 3.56. The fourth-order valence-electron chi connectivity index (χ4n) is 3.56. The Morgan fingerprint density at radius 2 is 1.87 bits per heavy atom. The highest BCUT2D eigenvalue weighted by Crippen LogP contribution is 2.17. The van der Waals surface area contributed by atoms with Crippen molar-refractivity contribution >= 4 is 17.0 Å². The normalized spacial score (nSPS) is 11.8. The van der Waals surface area contributed by atoms with E-state index in [1.807, 2.05) is 48.0 Å². The van der Waals surface area contributed by atoms with Gasteiger partial charge in [0.25, 0.3) is 0 Å². The molecule has 0 saturated carbocycles. The van der Waals surface area contributed by atoms with Crippen molar-refractivity contribution in [2.75, 3.05) is 13.6 Å². The van der Waals surface area contributed by atoms with Crippen molar-refractivity contribution in [2.24, 2.45) is 4.99 Å². The number of nitrogens with zero attached hydrogens (tertiary/aromatic N) is 4. The second kappa shape index (κ2) is 8.82. The molecule has 7 heteroatoms. The summed E-state index contributed by atoms with van der Waals surface area (Å²) in [6.45, 7) is 5.47. The highest BCUT2D eigenvalue weighted by Gasteiger charge is 2.09. The van der Waals surface area contributed by atoms with Crippen molar-refractivity contribution in [3.05, 3.63) is 77.4 Å². The molecule has 0 aliphatic carbocycles. The van der Waals surface area contributed by atoms with Crippen LogP contribution in [0.15, 0.2) is 59.6 Å². The van der Waals surface area contributed by atoms with Crippen molar-refractivity contribution in [3.63, 3.8) is 0 Å². The summed E-state index contributed by atoms with van der Waals surface area (Å²) in [7, 11) is 1.78. The molecular formula is C23H27N7. The number of H-pyrrole nitrogens is 1. The summed E-state index contributed by atoms with van der Waals surface area (Å²) in [5.74, 6) is 1.73. The third kappa shape index (κ3) is 4.35. The molecule has 0 unspecified atom stereocenters. The van der Waals surface area contributed by atoms with E-state index in [4.69, 9.17) is 0 Å². The van der Waals surface area contributed by atoms with Crippen LogP contribution in [0.4, 0.5) is 0 Å². The van der Waals surface area contributed by atoms with Gasteiger partial charge in [0.05, 0.1) is 22.4 Å². The molecule has 2 heterocycles. The van der Waals surface area contributed by atoms with E-state index in [0.717, 1.165) is 58.4 Å². The van der Waals surface area contributed by atoms with E-state index in [-0.39, 0.29) is 0 Å². The molecule has 3 N–H and O–H groups in total. The number of para-hydroxylation sites is 3. The molecule has 0 spiro atoms. The zero-order valence-electron chi connectivity index (χ0n) is 17.6. The van der Waals surface area contributed by atoms with Gasteiger partial charge in [0.2, 0.25) is 0 Å². The van der Waals surface area contributed by atoms with Gasteiger partial charge in [0, 0.05) is 32.3 Å². The first-order chi connectivity index (χ1) is 14.6. The van der Waals surface area contributed by atoms with Gasteiger partial charge >= 0.3 is 0 Å². The fraction of sp³-hybridized carbons (Fsp3) is 0.261. The first-order valence-corrected chi connectivity index (χ1v) is 10.1. The molecule has 4 rings (SSSR count). The number of imidazole rings is 1. The van der Waals surface area contributed by atoms with Crippen molar-refractivity contribution in [2.45, 2.75) is 26.8 Å². The molecule has 4 aromatic rings. The van der Waals surface area contributed by atoms with Crippen LogP contribution in [0.3, 0.4) is 0 Å². The summed E-state index contributed by atoms with van der Waals surface area (Å²) >= 11 is 0. The molecule has 2 aromatic heterocycles. The van der Waals surface area contributed by atoms with Crippen molar-refractivity contribution < 1.29 is 0 Å². The van der Waals surface area contributed by atoms with Crippen LogP contribution in [0.25, 0.3) is 16.7 Å². The lowest BCUT2D eigenvalue weighted by atomic mass is 10.1. The molecular weight excluding hydrogens is 374 g/mol. The number of aromatic nitrogens is 4. The average Bonchev–Trinajstić information content (AvgIpc) is 3.32. The zero-order chi connectivity index (χ0) is 20.9. The molecule has 0 amide bonds. The summed E-state index contributed by atoms with van der Waals surface area (Å²) in [5.41, 5.74) is 6.43. The summed E-state index contributed by atoms with van der Waals surface area (Å²) in [6.07, 6.45) is 0.789. The summed E-state index contributed by atoms with van der Waals surface area (Å²) < 4.78 is 1.99. The third-order valence-corrected chi connectivity index (χ3v) is 4.99. The zero-order valence-corrected chi connectivity index (χ0v) is 17.6. The van der Waals surface area contributed by atoms with E-state index in [0.29, 0.717) is 6.54 Å². The van der Waals surface area contributed by atoms with E-state index in [9.17, 15) is 0 Å². The van der Waals surface area contributed by atoms with Crippen LogP contribution < -0.4 is 10.6 Å². The third-order valence-electron chi connectivity index (χ3n) is 4.99. The maximum absolute atomic E-state index is 4.62. The Labute approximate surface area is 176 Å². The van der Waals surface area contributed by atoms with Crippen LogP contribution in [0.2, 0.25) is 0 Å².